The first-order valence-electron chi connectivity index (χ1n) is 6.30. The van der Waals surface area contributed by atoms with Crippen LogP contribution in [0, 0.1) is 0 Å². The van der Waals surface area contributed by atoms with Crippen LogP contribution in [0.3, 0.4) is 0 Å². The van der Waals surface area contributed by atoms with E-state index < -0.39 is 5.91 Å². The van der Waals surface area contributed by atoms with Crippen LogP contribution in [0.15, 0.2) is 35.4 Å². The fourth-order valence-corrected chi connectivity index (χ4v) is 2.27. The summed E-state index contributed by atoms with van der Waals surface area (Å²) in [5.41, 5.74) is 2.74. The van der Waals surface area contributed by atoms with Crippen molar-refractivity contribution in [2.24, 2.45) is 5.10 Å². The Morgan fingerprint density at radius 1 is 1.22 bits per heavy atom. The van der Waals surface area contributed by atoms with Gasteiger partial charge in [0, 0.05) is 10.6 Å². The number of benzene rings is 2. The fourth-order valence-electron chi connectivity index (χ4n) is 1.74. The van der Waals surface area contributed by atoms with Gasteiger partial charge in [-0.1, -0.05) is 23.2 Å². The number of ether oxygens (including phenoxy) is 1. The molecule has 120 valence electrons. The van der Waals surface area contributed by atoms with Crippen molar-refractivity contribution in [1.82, 2.24) is 5.43 Å². The zero-order valence-electron chi connectivity index (χ0n) is 11.9. The molecule has 0 aliphatic carbocycles. The number of hydrogen-bond acceptors (Lipinski definition) is 5. The van der Waals surface area contributed by atoms with E-state index in [1.54, 1.807) is 0 Å². The standard InChI is InChI=1S/C15H12Cl2N2O4/c1-23-14-4-8(2-3-12(14)20)15(22)19-18-7-10-11(17)5-9(16)6-13(10)21/h2-7,20-21H,1H3,(H,19,22)/b18-7+. The van der Waals surface area contributed by atoms with E-state index in [0.717, 1.165) is 0 Å². The van der Waals surface area contributed by atoms with Gasteiger partial charge in [-0.2, -0.15) is 5.10 Å². The second-order valence-corrected chi connectivity index (χ2v) is 5.25. The summed E-state index contributed by atoms with van der Waals surface area (Å²) < 4.78 is 4.92. The Morgan fingerprint density at radius 3 is 2.61 bits per heavy atom. The second-order valence-electron chi connectivity index (χ2n) is 4.41. The van der Waals surface area contributed by atoms with Gasteiger partial charge in [0.15, 0.2) is 11.5 Å². The van der Waals surface area contributed by atoms with Crippen LogP contribution in [0.5, 0.6) is 17.2 Å². The number of nitrogens with one attached hydrogen (secondary N) is 1. The molecule has 8 heteroatoms. The molecule has 0 aromatic heterocycles. The molecule has 0 spiro atoms. The van der Waals surface area contributed by atoms with Gasteiger partial charge >= 0.3 is 0 Å². The Hall–Kier alpha value is -2.44. The van der Waals surface area contributed by atoms with Crippen molar-refractivity contribution in [3.05, 3.63) is 51.5 Å². The number of amides is 1. The van der Waals surface area contributed by atoms with E-state index in [0.29, 0.717) is 0 Å². The highest BCUT2D eigenvalue weighted by atomic mass is 35.5. The van der Waals surface area contributed by atoms with Crippen LogP contribution in [0.2, 0.25) is 10.0 Å². The number of phenolic OH excluding ortho intramolecular Hbond substituents is 2. The van der Waals surface area contributed by atoms with Crippen molar-refractivity contribution in [3.8, 4) is 17.2 Å². The fraction of sp³-hybridized carbons (Fsp3) is 0.0667. The minimum Gasteiger partial charge on any atom is -0.507 e. The van der Waals surface area contributed by atoms with Crippen LogP contribution < -0.4 is 10.2 Å². The Morgan fingerprint density at radius 2 is 1.96 bits per heavy atom. The van der Waals surface area contributed by atoms with E-state index in [1.807, 2.05) is 0 Å². The Labute approximate surface area is 141 Å². The summed E-state index contributed by atoms with van der Waals surface area (Å²) in [5.74, 6) is -0.596. The first-order valence-corrected chi connectivity index (χ1v) is 7.06. The minimum atomic E-state index is -0.524. The molecular weight excluding hydrogens is 343 g/mol. The van der Waals surface area contributed by atoms with Crippen LogP contribution in [0.25, 0.3) is 0 Å². The average Bonchev–Trinajstić information content (AvgIpc) is 2.50. The number of rotatable bonds is 4. The van der Waals surface area contributed by atoms with Gasteiger partial charge < -0.3 is 14.9 Å². The van der Waals surface area contributed by atoms with Crippen molar-refractivity contribution in [3.63, 3.8) is 0 Å². The Bertz CT molecular complexity index is 755. The highest BCUT2D eigenvalue weighted by Crippen LogP contribution is 2.28. The second kappa shape index (κ2) is 7.21. The maximum Gasteiger partial charge on any atom is 0.271 e. The molecule has 6 nitrogen and oxygen atoms in total. The molecule has 0 bridgehead atoms. The molecule has 0 heterocycles. The molecule has 0 radical (unpaired) electrons. The number of halogens is 2. The molecule has 0 aliphatic rings. The maximum atomic E-state index is 12.0. The van der Waals surface area contributed by atoms with Crippen LogP contribution in [0.1, 0.15) is 15.9 Å². The molecule has 2 aromatic rings. The lowest BCUT2D eigenvalue weighted by Gasteiger charge is -2.06. The Balaban J connectivity index is 2.13. The van der Waals surface area contributed by atoms with E-state index in [2.05, 4.69) is 10.5 Å². The predicted octanol–water partition coefficient (Wildman–Crippen LogP) is 3.18. The lowest BCUT2D eigenvalue weighted by atomic mass is 10.2. The number of carbonyl (C=O) groups excluding carboxylic acids is 1. The zero-order valence-corrected chi connectivity index (χ0v) is 13.4. The van der Waals surface area contributed by atoms with E-state index in [4.69, 9.17) is 27.9 Å². The molecule has 2 rings (SSSR count). The maximum absolute atomic E-state index is 12.0. The number of aromatic hydroxyl groups is 2. The van der Waals surface area contributed by atoms with E-state index in [1.165, 1.54) is 43.7 Å². The van der Waals surface area contributed by atoms with Crippen molar-refractivity contribution in [2.45, 2.75) is 0 Å². The highest BCUT2D eigenvalue weighted by molar-refractivity contribution is 6.36. The van der Waals surface area contributed by atoms with Crippen LogP contribution in [-0.2, 0) is 0 Å². The van der Waals surface area contributed by atoms with E-state index in [9.17, 15) is 15.0 Å². The molecule has 0 fully saturated rings. The molecular formula is C15H12Cl2N2O4. The normalized spacial score (nSPS) is 10.7. The third kappa shape index (κ3) is 4.06. The largest absolute Gasteiger partial charge is 0.507 e. The molecule has 2 aromatic carbocycles. The van der Waals surface area contributed by atoms with E-state index in [-0.39, 0.29) is 38.4 Å². The molecule has 0 saturated heterocycles. The highest BCUT2D eigenvalue weighted by Gasteiger charge is 2.10. The molecule has 0 unspecified atom stereocenters. The van der Waals surface area contributed by atoms with Gasteiger partial charge in [0.05, 0.1) is 23.9 Å². The number of hydrogen-bond donors (Lipinski definition) is 3. The summed E-state index contributed by atoms with van der Waals surface area (Å²) in [7, 11) is 1.38. The molecule has 0 aliphatic heterocycles. The molecule has 3 N–H and O–H groups in total. The molecule has 0 atom stereocenters. The zero-order chi connectivity index (χ0) is 17.0. The van der Waals surface area contributed by atoms with Gasteiger partial charge in [0.2, 0.25) is 0 Å². The number of methoxy groups -OCH3 is 1. The van der Waals surface area contributed by atoms with Gasteiger partial charge in [-0.3, -0.25) is 4.79 Å². The predicted molar refractivity (Wildman–Crippen MR) is 87.8 cm³/mol. The smallest absolute Gasteiger partial charge is 0.271 e. The number of phenols is 2. The lowest BCUT2D eigenvalue weighted by molar-refractivity contribution is 0.0954. The van der Waals surface area contributed by atoms with E-state index >= 15 is 0 Å². The van der Waals surface area contributed by atoms with Gasteiger partial charge in [-0.25, -0.2) is 5.43 Å². The number of carbonyl (C=O) groups is 1. The van der Waals surface area contributed by atoms with Crippen LogP contribution in [-0.4, -0.2) is 29.4 Å². The number of hydrazone groups is 1. The topological polar surface area (TPSA) is 91.2 Å². The van der Waals surface area contributed by atoms with Gasteiger partial charge in [0.1, 0.15) is 5.75 Å². The lowest BCUT2D eigenvalue weighted by Crippen LogP contribution is -2.17. The summed E-state index contributed by atoms with van der Waals surface area (Å²) in [6.45, 7) is 0. The monoisotopic (exact) mass is 354 g/mol. The summed E-state index contributed by atoms with van der Waals surface area (Å²) in [6, 6.07) is 6.86. The molecule has 1 amide bonds. The van der Waals surface area contributed by atoms with Crippen LogP contribution in [0.4, 0.5) is 0 Å². The first-order chi connectivity index (χ1) is 10.9. The number of nitrogens with zero attached hydrogens (tertiary/aromatic N) is 1. The quantitative estimate of drug-likeness (QED) is 0.580. The Kier molecular flexibility index (Phi) is 5.31. The van der Waals surface area contributed by atoms with Crippen molar-refractivity contribution in [1.29, 1.82) is 0 Å². The summed E-state index contributed by atoms with van der Waals surface area (Å²) in [6.07, 6.45) is 1.20. The van der Waals surface area contributed by atoms with Crippen molar-refractivity contribution < 1.29 is 19.7 Å². The van der Waals surface area contributed by atoms with Crippen LogP contribution >= 0.6 is 23.2 Å². The SMILES string of the molecule is COc1cc(C(=O)N/N=C/c2c(O)cc(Cl)cc2Cl)ccc1O. The summed E-state index contributed by atoms with van der Waals surface area (Å²) in [5, 5.41) is 23.4. The molecule has 23 heavy (non-hydrogen) atoms. The summed E-state index contributed by atoms with van der Waals surface area (Å²) >= 11 is 11.7. The van der Waals surface area contributed by atoms with Gasteiger partial charge in [0.25, 0.3) is 5.91 Å². The third-order valence-corrected chi connectivity index (χ3v) is 3.41. The van der Waals surface area contributed by atoms with Crippen molar-refractivity contribution in [2.75, 3.05) is 7.11 Å². The average molecular weight is 355 g/mol. The first kappa shape index (κ1) is 16.9. The van der Waals surface area contributed by atoms with Gasteiger partial charge in [-0.05, 0) is 30.3 Å². The summed E-state index contributed by atoms with van der Waals surface area (Å²) in [4.78, 5) is 12.0. The third-order valence-electron chi connectivity index (χ3n) is 2.87. The minimum absolute atomic E-state index is 0.0783. The van der Waals surface area contributed by atoms with Gasteiger partial charge in [-0.15, -0.1) is 0 Å². The van der Waals surface area contributed by atoms with Crippen molar-refractivity contribution >= 4 is 35.3 Å². The molecule has 0 saturated carbocycles.